The highest BCUT2D eigenvalue weighted by molar-refractivity contribution is 5.71. The van der Waals surface area contributed by atoms with Crippen LogP contribution in [-0.4, -0.2) is 21.1 Å². The van der Waals surface area contributed by atoms with Gasteiger partial charge in [-0.2, -0.15) is 10.2 Å². The molecule has 2 heterocycles. The maximum absolute atomic E-state index is 12.2. The van der Waals surface area contributed by atoms with Crippen molar-refractivity contribution in [3.8, 4) is 23.1 Å². The summed E-state index contributed by atoms with van der Waals surface area (Å²) < 4.78 is 7.56. The van der Waals surface area contributed by atoms with E-state index in [1.54, 1.807) is 19.3 Å². The Bertz CT molecular complexity index is 1090. The highest BCUT2D eigenvalue weighted by atomic mass is 16.5. The molecule has 0 aromatic carbocycles. The molecule has 0 saturated heterocycles. The Morgan fingerprint density at radius 3 is 2.83 bits per heavy atom. The third-order valence-corrected chi connectivity index (χ3v) is 5.20. The van der Waals surface area contributed by atoms with E-state index in [1.165, 1.54) is 10.1 Å². The fourth-order valence-electron chi connectivity index (χ4n) is 3.20. The van der Waals surface area contributed by atoms with Gasteiger partial charge < -0.3 is 9.30 Å². The van der Waals surface area contributed by atoms with Crippen LogP contribution in [0.2, 0.25) is 0 Å². The molecule has 0 radical (unpaired) electrons. The highest BCUT2D eigenvalue weighted by Gasteiger charge is 2.35. The standard InChI is InChI=1S/C23H26N4O2/c1-14(2)7-6-8-17-9-19(17)13-29-22-21(12-25-16(4)26-22)20-10-18(11-24)23(28)27(5)15(20)3/h6-8,10,12,17,19H,9,13H2,1-5H3/b8-6+/t17-,19?/m1/s1. The minimum Gasteiger partial charge on any atom is -0.477 e. The summed E-state index contributed by atoms with van der Waals surface area (Å²) >= 11 is 0. The number of ether oxygens (including phenoxy) is 1. The van der Waals surface area contributed by atoms with Crippen LogP contribution in [0.1, 0.15) is 37.4 Å². The average Bonchev–Trinajstić information content (AvgIpc) is 3.43. The first kappa shape index (κ1) is 20.5. The van der Waals surface area contributed by atoms with Gasteiger partial charge in [-0.15, -0.1) is 0 Å². The van der Waals surface area contributed by atoms with E-state index in [9.17, 15) is 10.1 Å². The summed E-state index contributed by atoms with van der Waals surface area (Å²) in [6.07, 6.45) is 9.24. The van der Waals surface area contributed by atoms with Gasteiger partial charge in [0.15, 0.2) is 0 Å². The monoisotopic (exact) mass is 390 g/mol. The normalized spacial score (nSPS) is 17.8. The van der Waals surface area contributed by atoms with Crippen LogP contribution in [0, 0.1) is 37.0 Å². The van der Waals surface area contributed by atoms with Gasteiger partial charge in [0.05, 0.1) is 12.2 Å². The van der Waals surface area contributed by atoms with Crippen molar-refractivity contribution < 1.29 is 4.74 Å². The molecule has 1 aliphatic carbocycles. The maximum atomic E-state index is 12.2. The number of aryl methyl sites for hydroxylation is 1. The molecule has 6 heteroatoms. The number of aromatic nitrogens is 3. The second-order valence-electron chi connectivity index (χ2n) is 7.77. The van der Waals surface area contributed by atoms with Gasteiger partial charge in [0, 0.05) is 24.5 Å². The number of nitrogens with zero attached hydrogens (tertiary/aromatic N) is 4. The second kappa shape index (κ2) is 8.44. The first-order valence-corrected chi connectivity index (χ1v) is 9.71. The smallest absolute Gasteiger partial charge is 0.268 e. The van der Waals surface area contributed by atoms with Gasteiger partial charge in [-0.25, -0.2) is 4.98 Å². The molecular formula is C23H26N4O2. The number of rotatable bonds is 6. The Labute approximate surface area is 171 Å². The third kappa shape index (κ3) is 4.62. The number of nitriles is 1. The molecule has 0 bridgehead atoms. The van der Waals surface area contributed by atoms with E-state index in [4.69, 9.17) is 4.74 Å². The van der Waals surface area contributed by atoms with E-state index in [0.29, 0.717) is 35.7 Å². The van der Waals surface area contributed by atoms with E-state index >= 15 is 0 Å². The lowest BCUT2D eigenvalue weighted by Crippen LogP contribution is -2.22. The molecule has 0 aliphatic heterocycles. The van der Waals surface area contributed by atoms with Crippen molar-refractivity contribution in [1.29, 1.82) is 5.26 Å². The summed E-state index contributed by atoms with van der Waals surface area (Å²) in [6.45, 7) is 8.38. The van der Waals surface area contributed by atoms with Crippen LogP contribution in [0.3, 0.4) is 0 Å². The van der Waals surface area contributed by atoms with Crippen LogP contribution in [0.15, 0.2) is 40.9 Å². The maximum Gasteiger partial charge on any atom is 0.268 e. The van der Waals surface area contributed by atoms with Gasteiger partial charge in [-0.05, 0) is 52.0 Å². The zero-order valence-electron chi connectivity index (χ0n) is 17.6. The number of hydrogen-bond donors (Lipinski definition) is 0. The lowest BCUT2D eigenvalue weighted by molar-refractivity contribution is 0.284. The Hall–Kier alpha value is -3.20. The van der Waals surface area contributed by atoms with Crippen molar-refractivity contribution in [2.75, 3.05) is 6.61 Å². The van der Waals surface area contributed by atoms with Crippen molar-refractivity contribution in [2.24, 2.45) is 18.9 Å². The molecule has 29 heavy (non-hydrogen) atoms. The van der Waals surface area contributed by atoms with Crippen LogP contribution in [0.4, 0.5) is 0 Å². The first-order valence-electron chi connectivity index (χ1n) is 9.71. The minimum absolute atomic E-state index is 0.0892. The van der Waals surface area contributed by atoms with Crippen molar-refractivity contribution in [1.82, 2.24) is 14.5 Å². The molecule has 2 atom stereocenters. The number of pyridine rings is 1. The third-order valence-electron chi connectivity index (χ3n) is 5.20. The van der Waals surface area contributed by atoms with Gasteiger partial charge >= 0.3 is 0 Å². The largest absolute Gasteiger partial charge is 0.477 e. The average molecular weight is 390 g/mol. The second-order valence-corrected chi connectivity index (χ2v) is 7.77. The number of hydrogen-bond acceptors (Lipinski definition) is 5. The molecule has 3 rings (SSSR count). The lowest BCUT2D eigenvalue weighted by Gasteiger charge is -2.15. The molecule has 1 unspecified atom stereocenters. The molecule has 6 nitrogen and oxygen atoms in total. The molecule has 0 amide bonds. The van der Waals surface area contributed by atoms with E-state index in [-0.39, 0.29) is 11.1 Å². The van der Waals surface area contributed by atoms with E-state index in [2.05, 4.69) is 42.0 Å². The fraction of sp³-hybridized carbons (Fsp3) is 0.391. The minimum atomic E-state index is -0.312. The Morgan fingerprint density at radius 2 is 2.14 bits per heavy atom. The van der Waals surface area contributed by atoms with Crippen molar-refractivity contribution in [3.63, 3.8) is 0 Å². The topological polar surface area (TPSA) is 80.8 Å². The predicted octanol–water partition coefficient (Wildman–Crippen LogP) is 3.87. The van der Waals surface area contributed by atoms with Crippen LogP contribution in [-0.2, 0) is 7.05 Å². The SMILES string of the molecule is CC(C)=C/C=C/[C@@H]1CC1COc1nc(C)ncc1-c1cc(C#N)c(=O)n(C)c1C. The molecule has 1 fully saturated rings. The quantitative estimate of drug-likeness (QED) is 0.700. The molecule has 2 aromatic heterocycles. The zero-order chi connectivity index (χ0) is 21.1. The van der Waals surface area contributed by atoms with Gasteiger partial charge in [0.25, 0.3) is 5.56 Å². The van der Waals surface area contributed by atoms with Crippen molar-refractivity contribution in [3.05, 3.63) is 63.5 Å². The summed E-state index contributed by atoms with van der Waals surface area (Å²) in [5.41, 5.74) is 3.21. The van der Waals surface area contributed by atoms with Crippen LogP contribution in [0.5, 0.6) is 5.88 Å². The predicted molar refractivity (Wildman–Crippen MR) is 113 cm³/mol. The Kier molecular flexibility index (Phi) is 5.97. The Morgan fingerprint density at radius 1 is 1.38 bits per heavy atom. The van der Waals surface area contributed by atoms with Crippen molar-refractivity contribution >= 4 is 0 Å². The molecule has 1 saturated carbocycles. The molecule has 2 aromatic rings. The number of allylic oxidation sites excluding steroid dienone is 4. The molecular weight excluding hydrogens is 364 g/mol. The molecule has 1 aliphatic rings. The summed E-state index contributed by atoms with van der Waals surface area (Å²) in [4.78, 5) is 21.0. The van der Waals surface area contributed by atoms with Crippen molar-refractivity contribution in [2.45, 2.75) is 34.1 Å². The highest BCUT2D eigenvalue weighted by Crippen LogP contribution is 2.40. The van der Waals surface area contributed by atoms with Gasteiger partial charge in [0.2, 0.25) is 5.88 Å². The van der Waals surface area contributed by atoms with Crippen LogP contribution >= 0.6 is 0 Å². The molecule has 0 N–H and O–H groups in total. The zero-order valence-corrected chi connectivity index (χ0v) is 17.6. The first-order chi connectivity index (χ1) is 13.8. The lowest BCUT2D eigenvalue weighted by atomic mass is 10.0. The fourth-order valence-corrected chi connectivity index (χ4v) is 3.20. The van der Waals surface area contributed by atoms with E-state index in [0.717, 1.165) is 17.7 Å². The van der Waals surface area contributed by atoms with E-state index in [1.807, 2.05) is 19.9 Å². The molecule has 0 spiro atoms. The summed E-state index contributed by atoms with van der Waals surface area (Å²) in [5.74, 6) is 2.10. The summed E-state index contributed by atoms with van der Waals surface area (Å²) in [7, 11) is 1.66. The van der Waals surface area contributed by atoms with E-state index < -0.39 is 0 Å². The summed E-state index contributed by atoms with van der Waals surface area (Å²) in [5, 5.41) is 9.30. The van der Waals surface area contributed by atoms with Gasteiger partial charge in [-0.1, -0.05) is 23.8 Å². The van der Waals surface area contributed by atoms with Crippen LogP contribution in [0.25, 0.3) is 11.1 Å². The molecule has 150 valence electrons. The Balaban J connectivity index is 1.85. The van der Waals surface area contributed by atoms with Crippen LogP contribution < -0.4 is 10.3 Å². The van der Waals surface area contributed by atoms with Gasteiger partial charge in [0.1, 0.15) is 17.5 Å². The summed E-state index contributed by atoms with van der Waals surface area (Å²) in [6, 6.07) is 3.57. The van der Waals surface area contributed by atoms with Gasteiger partial charge in [-0.3, -0.25) is 4.79 Å².